The molecule has 0 bridgehead atoms. The first kappa shape index (κ1) is 12.9. The van der Waals surface area contributed by atoms with Gasteiger partial charge in [-0.3, -0.25) is 14.5 Å². The van der Waals surface area contributed by atoms with Crippen LogP contribution in [0.1, 0.15) is 33.1 Å². The average molecular weight is 253 g/mol. The molecular formula is C12H19N3O3. The first-order valence-corrected chi connectivity index (χ1v) is 6.34. The molecule has 6 heteroatoms. The number of nitrogens with one attached hydrogen (secondary N) is 1. The fourth-order valence-electron chi connectivity index (χ4n) is 2.34. The van der Waals surface area contributed by atoms with Crippen molar-refractivity contribution in [2.24, 2.45) is 0 Å². The Labute approximate surface area is 106 Å². The van der Waals surface area contributed by atoms with Gasteiger partial charge >= 0.3 is 6.03 Å². The van der Waals surface area contributed by atoms with Crippen LogP contribution in [-0.4, -0.2) is 52.8 Å². The SMILES string of the molecule is CC1(C)NC(=O)N(CC(=O)N2CCCCC2)C1=O. The van der Waals surface area contributed by atoms with E-state index in [-0.39, 0.29) is 18.4 Å². The van der Waals surface area contributed by atoms with Crippen molar-refractivity contribution >= 4 is 17.8 Å². The van der Waals surface area contributed by atoms with Crippen molar-refractivity contribution in [3.05, 3.63) is 0 Å². The molecular weight excluding hydrogens is 234 g/mol. The van der Waals surface area contributed by atoms with Crippen LogP contribution in [0.15, 0.2) is 0 Å². The van der Waals surface area contributed by atoms with E-state index in [2.05, 4.69) is 5.32 Å². The number of hydrogen-bond donors (Lipinski definition) is 1. The lowest BCUT2D eigenvalue weighted by molar-refractivity contribution is -0.139. The summed E-state index contributed by atoms with van der Waals surface area (Å²) in [5.74, 6) is -0.478. The minimum absolute atomic E-state index is 0.143. The first-order valence-electron chi connectivity index (χ1n) is 6.34. The number of carbonyl (C=O) groups is 3. The van der Waals surface area contributed by atoms with Crippen molar-refractivity contribution in [2.45, 2.75) is 38.6 Å². The van der Waals surface area contributed by atoms with Crippen molar-refractivity contribution in [2.75, 3.05) is 19.6 Å². The molecule has 0 aromatic heterocycles. The van der Waals surface area contributed by atoms with E-state index in [1.54, 1.807) is 18.7 Å². The number of amides is 4. The van der Waals surface area contributed by atoms with Gasteiger partial charge in [0.25, 0.3) is 5.91 Å². The highest BCUT2D eigenvalue weighted by molar-refractivity contribution is 6.08. The van der Waals surface area contributed by atoms with Crippen molar-refractivity contribution in [3.63, 3.8) is 0 Å². The summed E-state index contributed by atoms with van der Waals surface area (Å²) in [5, 5.41) is 2.57. The van der Waals surface area contributed by atoms with Gasteiger partial charge in [-0.2, -0.15) is 0 Å². The number of rotatable bonds is 2. The third-order valence-electron chi connectivity index (χ3n) is 3.45. The maximum Gasteiger partial charge on any atom is 0.325 e. The van der Waals surface area contributed by atoms with Gasteiger partial charge in [-0.05, 0) is 33.1 Å². The van der Waals surface area contributed by atoms with Crippen LogP contribution in [0.25, 0.3) is 0 Å². The second-order valence-electron chi connectivity index (χ2n) is 5.39. The van der Waals surface area contributed by atoms with E-state index in [1.165, 1.54) is 0 Å². The molecule has 1 N–H and O–H groups in total. The summed E-state index contributed by atoms with van der Waals surface area (Å²) < 4.78 is 0. The Kier molecular flexibility index (Phi) is 3.28. The van der Waals surface area contributed by atoms with Gasteiger partial charge in [-0.25, -0.2) is 4.79 Å². The van der Waals surface area contributed by atoms with Crippen LogP contribution < -0.4 is 5.32 Å². The number of nitrogens with zero attached hydrogens (tertiary/aromatic N) is 2. The molecule has 0 unspecified atom stereocenters. The Bertz CT molecular complexity index is 386. The summed E-state index contributed by atoms with van der Waals surface area (Å²) in [5.41, 5.74) is -0.904. The van der Waals surface area contributed by atoms with Gasteiger partial charge in [-0.1, -0.05) is 0 Å². The van der Waals surface area contributed by atoms with Crippen LogP contribution in [0.2, 0.25) is 0 Å². The van der Waals surface area contributed by atoms with Crippen LogP contribution in [0.4, 0.5) is 4.79 Å². The lowest BCUT2D eigenvalue weighted by atomic mass is 10.1. The van der Waals surface area contributed by atoms with E-state index < -0.39 is 11.6 Å². The van der Waals surface area contributed by atoms with Crippen LogP contribution in [0.3, 0.4) is 0 Å². The molecule has 6 nitrogen and oxygen atoms in total. The predicted octanol–water partition coefficient (Wildman–Crippen LogP) is 0.329. The van der Waals surface area contributed by atoms with E-state index in [1.807, 2.05) is 0 Å². The highest BCUT2D eigenvalue weighted by Gasteiger charge is 2.45. The van der Waals surface area contributed by atoms with Gasteiger partial charge in [0.15, 0.2) is 0 Å². The molecule has 4 amide bonds. The van der Waals surface area contributed by atoms with E-state index in [0.717, 1.165) is 37.3 Å². The normalized spacial score (nSPS) is 23.2. The standard InChI is InChI=1S/C12H19N3O3/c1-12(2)10(17)15(11(18)13-12)8-9(16)14-6-4-3-5-7-14/h3-8H2,1-2H3,(H,13,18). The predicted molar refractivity (Wildman–Crippen MR) is 64.8 cm³/mol. The summed E-state index contributed by atoms with van der Waals surface area (Å²) in [6, 6.07) is -0.477. The zero-order chi connectivity index (χ0) is 13.3. The second-order valence-corrected chi connectivity index (χ2v) is 5.39. The Hall–Kier alpha value is -1.59. The van der Waals surface area contributed by atoms with Gasteiger partial charge in [-0.15, -0.1) is 0 Å². The van der Waals surface area contributed by atoms with Crippen LogP contribution >= 0.6 is 0 Å². The third kappa shape index (κ3) is 2.32. The Morgan fingerprint density at radius 2 is 1.83 bits per heavy atom. The molecule has 0 spiro atoms. The number of piperidine rings is 1. The minimum Gasteiger partial charge on any atom is -0.341 e. The molecule has 0 aromatic rings. The zero-order valence-electron chi connectivity index (χ0n) is 10.9. The molecule has 0 aliphatic carbocycles. The largest absolute Gasteiger partial charge is 0.341 e. The van der Waals surface area contributed by atoms with Gasteiger partial charge in [0, 0.05) is 13.1 Å². The summed E-state index contributed by atoms with van der Waals surface area (Å²) in [7, 11) is 0. The Balaban J connectivity index is 1.99. The lowest BCUT2D eigenvalue weighted by Crippen LogP contribution is -2.45. The van der Waals surface area contributed by atoms with E-state index in [0.29, 0.717) is 0 Å². The summed E-state index contributed by atoms with van der Waals surface area (Å²) >= 11 is 0. The lowest BCUT2D eigenvalue weighted by Gasteiger charge is -2.28. The Morgan fingerprint density at radius 3 is 2.33 bits per heavy atom. The highest BCUT2D eigenvalue weighted by Crippen LogP contribution is 2.17. The molecule has 0 saturated carbocycles. The molecule has 2 fully saturated rings. The summed E-state index contributed by atoms with van der Waals surface area (Å²) in [4.78, 5) is 38.3. The number of likely N-dealkylation sites (tertiary alicyclic amines) is 1. The molecule has 2 heterocycles. The molecule has 100 valence electrons. The fourth-order valence-corrected chi connectivity index (χ4v) is 2.34. The maximum atomic E-state index is 12.0. The minimum atomic E-state index is -0.904. The Morgan fingerprint density at radius 1 is 1.22 bits per heavy atom. The van der Waals surface area contributed by atoms with Crippen molar-refractivity contribution in [1.82, 2.24) is 15.1 Å². The van der Waals surface area contributed by atoms with E-state index in [4.69, 9.17) is 0 Å². The van der Waals surface area contributed by atoms with Gasteiger partial charge in [0.05, 0.1) is 0 Å². The van der Waals surface area contributed by atoms with E-state index in [9.17, 15) is 14.4 Å². The van der Waals surface area contributed by atoms with E-state index >= 15 is 0 Å². The van der Waals surface area contributed by atoms with Crippen LogP contribution in [0, 0.1) is 0 Å². The third-order valence-corrected chi connectivity index (χ3v) is 3.45. The summed E-state index contributed by atoms with van der Waals surface area (Å²) in [6.45, 7) is 4.59. The average Bonchev–Trinajstić information content (AvgIpc) is 2.52. The quantitative estimate of drug-likeness (QED) is 0.721. The van der Waals surface area contributed by atoms with Gasteiger partial charge < -0.3 is 10.2 Å². The van der Waals surface area contributed by atoms with Crippen molar-refractivity contribution in [1.29, 1.82) is 0 Å². The van der Waals surface area contributed by atoms with Crippen molar-refractivity contribution in [3.8, 4) is 0 Å². The number of imide groups is 1. The monoisotopic (exact) mass is 253 g/mol. The molecule has 0 atom stereocenters. The molecule has 0 radical (unpaired) electrons. The van der Waals surface area contributed by atoms with Crippen LogP contribution in [-0.2, 0) is 9.59 Å². The first-order chi connectivity index (χ1) is 8.42. The molecule has 2 aliphatic rings. The summed E-state index contributed by atoms with van der Waals surface area (Å²) in [6.07, 6.45) is 3.13. The van der Waals surface area contributed by atoms with Gasteiger partial charge in [0.1, 0.15) is 12.1 Å². The molecule has 0 aromatic carbocycles. The maximum absolute atomic E-state index is 12.0. The van der Waals surface area contributed by atoms with Crippen LogP contribution in [0.5, 0.6) is 0 Å². The highest BCUT2D eigenvalue weighted by atomic mass is 16.2. The number of carbonyl (C=O) groups excluding carboxylic acids is 3. The second kappa shape index (κ2) is 4.59. The number of hydrogen-bond acceptors (Lipinski definition) is 3. The topological polar surface area (TPSA) is 69.7 Å². The zero-order valence-corrected chi connectivity index (χ0v) is 10.9. The number of urea groups is 1. The molecule has 18 heavy (non-hydrogen) atoms. The molecule has 2 aliphatic heterocycles. The molecule has 2 saturated heterocycles. The van der Waals surface area contributed by atoms with Crippen molar-refractivity contribution < 1.29 is 14.4 Å². The smallest absolute Gasteiger partial charge is 0.325 e. The fraction of sp³-hybridized carbons (Fsp3) is 0.750. The van der Waals surface area contributed by atoms with Gasteiger partial charge in [0.2, 0.25) is 5.91 Å². The molecule has 2 rings (SSSR count).